The Kier molecular flexibility index (Phi) is 11.3. The number of fused-ring (bicyclic) bond motifs is 1. The Morgan fingerprint density at radius 3 is 2.24 bits per heavy atom. The highest BCUT2D eigenvalue weighted by Crippen LogP contribution is 2.32. The summed E-state index contributed by atoms with van der Waals surface area (Å²) in [7, 11) is 4.07. The van der Waals surface area contributed by atoms with Gasteiger partial charge in [0.05, 0.1) is 11.2 Å². The van der Waals surface area contributed by atoms with E-state index >= 15 is 0 Å². The van der Waals surface area contributed by atoms with Crippen LogP contribution in [0.2, 0.25) is 0 Å². The van der Waals surface area contributed by atoms with Gasteiger partial charge in [0.25, 0.3) is 0 Å². The van der Waals surface area contributed by atoms with Gasteiger partial charge in [0, 0.05) is 75.1 Å². The van der Waals surface area contributed by atoms with E-state index in [-0.39, 0.29) is 6.10 Å². The van der Waals surface area contributed by atoms with Crippen LogP contribution in [-0.2, 0) is 9.59 Å². The summed E-state index contributed by atoms with van der Waals surface area (Å²) in [5.74, 6) is 1.27. The number of rotatable bonds is 6. The summed E-state index contributed by atoms with van der Waals surface area (Å²) >= 11 is 0. The lowest BCUT2D eigenvalue weighted by molar-refractivity contribution is -0.119. The zero-order chi connectivity index (χ0) is 29.0. The number of carbonyl (C=O) groups excluding carboxylic acids is 2. The molecule has 220 valence electrons. The van der Waals surface area contributed by atoms with Crippen molar-refractivity contribution in [1.29, 1.82) is 0 Å². The number of hydrogen-bond acceptors (Lipinski definition) is 8. The molecule has 1 unspecified atom stereocenters. The lowest BCUT2D eigenvalue weighted by Gasteiger charge is -2.29. The van der Waals surface area contributed by atoms with Crippen LogP contribution in [0, 0.1) is 0 Å². The van der Waals surface area contributed by atoms with Gasteiger partial charge in [0.1, 0.15) is 24.5 Å². The molecule has 9 heteroatoms. The van der Waals surface area contributed by atoms with Crippen LogP contribution in [0.15, 0.2) is 48.8 Å². The molecule has 1 aromatic heterocycles. The molecule has 3 aliphatic heterocycles. The van der Waals surface area contributed by atoms with Crippen LogP contribution in [0.3, 0.4) is 0 Å². The summed E-state index contributed by atoms with van der Waals surface area (Å²) in [6, 6.07) is 14.8. The van der Waals surface area contributed by atoms with E-state index in [9.17, 15) is 4.79 Å². The van der Waals surface area contributed by atoms with Gasteiger partial charge in [-0.1, -0.05) is 0 Å². The van der Waals surface area contributed by atoms with Crippen LogP contribution in [0.5, 0.6) is 5.75 Å². The number of ether oxygens (including phenoxy) is 1. The van der Waals surface area contributed by atoms with Crippen molar-refractivity contribution in [1.82, 2.24) is 19.8 Å². The van der Waals surface area contributed by atoms with E-state index in [1.54, 1.807) is 6.33 Å². The molecule has 3 aromatic rings. The first kappa shape index (κ1) is 30.2. The first-order chi connectivity index (χ1) is 20.0. The van der Waals surface area contributed by atoms with Crippen molar-refractivity contribution >= 4 is 35.0 Å². The molecular weight excluding hydrogens is 516 g/mol. The van der Waals surface area contributed by atoms with Crippen LogP contribution in [0.25, 0.3) is 10.9 Å². The molecule has 1 amide bonds. The van der Waals surface area contributed by atoms with E-state index in [0.717, 1.165) is 80.5 Å². The number of likely N-dealkylation sites (N-methyl/N-ethyl adjacent to an activating group) is 1. The number of aromatic nitrogens is 2. The van der Waals surface area contributed by atoms with Crippen LogP contribution in [0.4, 0.5) is 11.4 Å². The fraction of sp³-hybridized carbons (Fsp3) is 0.500. The quantitative estimate of drug-likeness (QED) is 0.438. The molecule has 0 radical (unpaired) electrons. The van der Waals surface area contributed by atoms with Gasteiger partial charge < -0.3 is 29.5 Å². The minimum absolute atomic E-state index is 0.261. The molecule has 3 fully saturated rings. The Bertz CT molecular complexity index is 1240. The maximum atomic E-state index is 10.9. The van der Waals surface area contributed by atoms with Crippen molar-refractivity contribution in [3.05, 3.63) is 54.5 Å². The molecule has 0 spiro atoms. The zero-order valence-corrected chi connectivity index (χ0v) is 24.7. The van der Waals surface area contributed by atoms with Crippen molar-refractivity contribution in [2.24, 2.45) is 0 Å². The van der Waals surface area contributed by atoms with Crippen molar-refractivity contribution in [3.63, 3.8) is 0 Å². The molecule has 6 rings (SSSR count). The predicted octanol–water partition coefficient (Wildman–Crippen LogP) is 4.58. The number of likely N-dealkylation sites (tertiary alicyclic amines) is 2. The van der Waals surface area contributed by atoms with Crippen molar-refractivity contribution in [3.8, 4) is 5.75 Å². The lowest BCUT2D eigenvalue weighted by atomic mass is 9.91. The van der Waals surface area contributed by atoms with E-state index in [0.29, 0.717) is 5.92 Å². The molecule has 3 aliphatic rings. The summed E-state index contributed by atoms with van der Waals surface area (Å²) in [5, 5.41) is 4.23. The van der Waals surface area contributed by atoms with Gasteiger partial charge >= 0.3 is 0 Å². The van der Waals surface area contributed by atoms with Gasteiger partial charge in [-0.15, -0.1) is 0 Å². The second kappa shape index (κ2) is 15.3. The number of nitrogens with zero attached hydrogens (tertiary/aromatic N) is 5. The normalized spacial score (nSPS) is 19.1. The Hall–Kier alpha value is -3.72. The maximum Gasteiger partial charge on any atom is 0.209 e. The monoisotopic (exact) mass is 560 g/mol. The number of aldehydes is 1. The van der Waals surface area contributed by atoms with E-state index in [1.807, 2.05) is 24.1 Å². The second-order valence-electron chi connectivity index (χ2n) is 10.9. The molecule has 0 bridgehead atoms. The predicted molar refractivity (Wildman–Crippen MR) is 165 cm³/mol. The van der Waals surface area contributed by atoms with Gasteiger partial charge in [-0.2, -0.15) is 0 Å². The Morgan fingerprint density at radius 2 is 1.63 bits per heavy atom. The van der Waals surface area contributed by atoms with Crippen molar-refractivity contribution in [2.45, 2.75) is 51.0 Å². The standard InChI is InChI=1S/C19H24N4O2.C11H16N2.C2H4O/c1-22-7-6-16(11-22)25-15-2-3-17-18(10-15)20-12-21-19(17)14-4-8-23(13-24)9-5-14;1-12-10-4-6-11(7-5-10)13-8-2-3-9-13;1-2-3/h2-3,10,12-14,16H,4-9,11H2,1H3;4-7,12H,2-3,8-9H2,1H3;2H,1H3. The molecule has 1 N–H and O–H groups in total. The van der Waals surface area contributed by atoms with Crippen molar-refractivity contribution in [2.75, 3.05) is 63.6 Å². The van der Waals surface area contributed by atoms with E-state index in [4.69, 9.17) is 9.53 Å². The van der Waals surface area contributed by atoms with Gasteiger partial charge in [-0.25, -0.2) is 9.97 Å². The van der Waals surface area contributed by atoms with Crippen molar-refractivity contribution < 1.29 is 14.3 Å². The molecular formula is C32H44N6O3. The number of anilines is 2. The fourth-order valence-corrected chi connectivity index (χ4v) is 5.73. The van der Waals surface area contributed by atoms with Gasteiger partial charge in [-0.05, 0) is 82.5 Å². The molecule has 4 heterocycles. The topological polar surface area (TPSA) is 90.9 Å². The number of hydrogen-bond donors (Lipinski definition) is 1. The number of benzene rings is 2. The van der Waals surface area contributed by atoms with E-state index in [2.05, 4.69) is 62.5 Å². The highest BCUT2D eigenvalue weighted by molar-refractivity contribution is 5.82. The molecule has 2 aromatic carbocycles. The highest BCUT2D eigenvalue weighted by atomic mass is 16.5. The summed E-state index contributed by atoms with van der Waals surface area (Å²) < 4.78 is 6.12. The zero-order valence-electron chi connectivity index (χ0n) is 24.7. The summed E-state index contributed by atoms with van der Waals surface area (Å²) in [4.78, 5) is 35.3. The average molecular weight is 561 g/mol. The number of nitrogens with one attached hydrogen (secondary N) is 1. The summed E-state index contributed by atoms with van der Waals surface area (Å²) in [6.07, 6.45) is 9.27. The van der Waals surface area contributed by atoms with E-state index < -0.39 is 0 Å². The third kappa shape index (κ3) is 8.39. The first-order valence-electron chi connectivity index (χ1n) is 14.8. The summed E-state index contributed by atoms with van der Waals surface area (Å²) in [5.41, 5.74) is 4.58. The Morgan fingerprint density at radius 1 is 0.927 bits per heavy atom. The second-order valence-corrected chi connectivity index (χ2v) is 10.9. The summed E-state index contributed by atoms with van der Waals surface area (Å²) in [6.45, 7) is 7.55. The van der Waals surface area contributed by atoms with Crippen LogP contribution >= 0.6 is 0 Å². The molecule has 41 heavy (non-hydrogen) atoms. The van der Waals surface area contributed by atoms with Gasteiger partial charge in [0.2, 0.25) is 6.41 Å². The number of piperidine rings is 1. The average Bonchev–Trinajstić information content (AvgIpc) is 3.70. The number of carbonyl (C=O) groups is 2. The van der Waals surface area contributed by atoms with Crippen LogP contribution in [0.1, 0.15) is 50.6 Å². The Balaban J connectivity index is 0.000000203. The minimum atomic E-state index is 0.261. The molecule has 3 saturated heterocycles. The van der Waals surface area contributed by atoms with Gasteiger partial charge in [0.15, 0.2) is 0 Å². The molecule has 9 nitrogen and oxygen atoms in total. The highest BCUT2D eigenvalue weighted by Gasteiger charge is 2.24. The van der Waals surface area contributed by atoms with Crippen LogP contribution < -0.4 is 15.0 Å². The largest absolute Gasteiger partial charge is 0.489 e. The third-order valence-corrected chi connectivity index (χ3v) is 7.98. The first-order valence-corrected chi connectivity index (χ1v) is 14.8. The SMILES string of the molecule is CC=O.CN1CCC(Oc2ccc3c(C4CCN(C=O)CC4)ncnc3c2)C1.CNc1ccc(N2CCCC2)cc1. The smallest absolute Gasteiger partial charge is 0.209 e. The number of amides is 1. The molecule has 0 aliphatic carbocycles. The molecule has 1 atom stereocenters. The van der Waals surface area contributed by atoms with Gasteiger partial charge in [-0.3, -0.25) is 4.79 Å². The van der Waals surface area contributed by atoms with Crippen LogP contribution in [-0.4, -0.2) is 91.9 Å². The fourth-order valence-electron chi connectivity index (χ4n) is 5.73. The maximum absolute atomic E-state index is 10.9. The lowest BCUT2D eigenvalue weighted by Crippen LogP contribution is -2.31. The van der Waals surface area contributed by atoms with E-state index in [1.165, 1.54) is 44.2 Å². The Labute approximate surface area is 243 Å². The molecule has 0 saturated carbocycles. The minimum Gasteiger partial charge on any atom is -0.489 e. The third-order valence-electron chi connectivity index (χ3n) is 7.98.